The monoisotopic (exact) mass is 290 g/mol. The number of nitrogen functional groups attached to an aromatic ring is 1. The minimum Gasteiger partial charge on any atom is -0.398 e. The second-order valence-electron chi connectivity index (χ2n) is 4.81. The van der Waals surface area contributed by atoms with Crippen LogP contribution in [0.15, 0.2) is 22.9 Å². The van der Waals surface area contributed by atoms with Gasteiger partial charge in [-0.3, -0.25) is 19.0 Å². The molecule has 1 aliphatic rings. The minimum absolute atomic E-state index is 0.0380. The van der Waals surface area contributed by atoms with E-state index in [1.807, 2.05) is 0 Å². The molecule has 1 aliphatic carbocycles. The first-order valence-electron chi connectivity index (χ1n) is 8.81. The molecule has 1 aromatic carbocycles. The van der Waals surface area contributed by atoms with Crippen molar-refractivity contribution in [2.24, 2.45) is 0 Å². The number of hydrogen-bond acceptors (Lipinski definition) is 5. The maximum atomic E-state index is 13.0. The number of Topliss-reactive ketones (excluding diaryl/α,β-unsaturated/α-hetero) is 2. The Morgan fingerprint density at radius 2 is 2.19 bits per heavy atom. The van der Waals surface area contributed by atoms with Crippen LogP contribution in [0.25, 0.3) is 10.9 Å². The van der Waals surface area contributed by atoms with Crippen LogP contribution in [0.5, 0.6) is 0 Å². The van der Waals surface area contributed by atoms with Crippen LogP contribution in [0.1, 0.15) is 37.9 Å². The number of fused-ring (bicyclic) bond motifs is 1. The van der Waals surface area contributed by atoms with E-state index in [-0.39, 0.29) is 22.4 Å². The third-order valence-corrected chi connectivity index (χ3v) is 3.45. The Morgan fingerprint density at radius 3 is 2.95 bits per heavy atom. The summed E-state index contributed by atoms with van der Waals surface area (Å²) >= 11 is 0. The normalized spacial score (nSPS) is 25.0. The number of rotatable bonds is 1. The summed E-state index contributed by atoms with van der Waals surface area (Å²) in [5.74, 6) is -1.40. The van der Waals surface area contributed by atoms with Crippen molar-refractivity contribution < 1.29 is 16.4 Å². The quantitative estimate of drug-likeness (QED) is 0.628. The lowest BCUT2D eigenvalue weighted by atomic mass is 9.92. The van der Waals surface area contributed by atoms with Gasteiger partial charge >= 0.3 is 0 Å². The van der Waals surface area contributed by atoms with Crippen molar-refractivity contribution in [1.82, 2.24) is 9.55 Å². The number of benzene rings is 1. The molecular formula is C15H15N3O3. The van der Waals surface area contributed by atoms with Crippen molar-refractivity contribution in [3.8, 4) is 0 Å². The Morgan fingerprint density at radius 1 is 1.43 bits per heavy atom. The smallest absolute Gasteiger partial charge is 0.264 e. The lowest BCUT2D eigenvalue weighted by molar-refractivity contribution is -0.132. The molecule has 3 rings (SSSR count). The molecule has 0 radical (unpaired) electrons. The third kappa shape index (κ3) is 2.12. The topological polar surface area (TPSA) is 95.0 Å². The molecule has 6 heteroatoms. The molecule has 0 aliphatic heterocycles. The summed E-state index contributed by atoms with van der Waals surface area (Å²) in [4.78, 5) is 41.1. The molecule has 0 bridgehead atoms. The molecule has 2 aromatic rings. The van der Waals surface area contributed by atoms with E-state index >= 15 is 0 Å². The van der Waals surface area contributed by atoms with Crippen molar-refractivity contribution in [1.29, 1.82) is 0 Å². The van der Waals surface area contributed by atoms with Crippen molar-refractivity contribution in [3.05, 3.63) is 34.3 Å². The highest BCUT2D eigenvalue weighted by atomic mass is 16.2. The Bertz CT molecular complexity index is 1050. The van der Waals surface area contributed by atoms with Gasteiger partial charge in [0.15, 0.2) is 5.78 Å². The van der Waals surface area contributed by atoms with E-state index in [1.54, 1.807) is 0 Å². The minimum atomic E-state index is -2.25. The average molecular weight is 290 g/mol. The summed E-state index contributed by atoms with van der Waals surface area (Å²) in [7, 11) is 0. The van der Waals surface area contributed by atoms with Crippen LogP contribution in [-0.4, -0.2) is 21.1 Å². The zero-order valence-electron chi connectivity index (χ0n) is 16.2. The predicted molar refractivity (Wildman–Crippen MR) is 78.1 cm³/mol. The first-order chi connectivity index (χ1) is 12.0. The fourth-order valence-electron chi connectivity index (χ4n) is 2.46. The maximum Gasteiger partial charge on any atom is 0.264 e. The molecule has 1 heterocycles. The molecule has 0 saturated heterocycles. The van der Waals surface area contributed by atoms with Crippen molar-refractivity contribution >= 4 is 28.2 Å². The van der Waals surface area contributed by atoms with Gasteiger partial charge in [0.05, 0.1) is 27.5 Å². The number of anilines is 1. The predicted octanol–water partition coefficient (Wildman–Crippen LogP) is 1.15. The highest BCUT2D eigenvalue weighted by Crippen LogP contribution is 2.24. The number of nitrogens with two attached hydrogens (primary N) is 1. The van der Waals surface area contributed by atoms with Gasteiger partial charge in [-0.2, -0.15) is 0 Å². The molecule has 1 aromatic heterocycles. The van der Waals surface area contributed by atoms with E-state index in [9.17, 15) is 14.4 Å². The molecule has 0 spiro atoms. The summed E-state index contributed by atoms with van der Waals surface area (Å²) in [6.45, 7) is 1.41. The van der Waals surface area contributed by atoms with Gasteiger partial charge < -0.3 is 5.73 Å². The van der Waals surface area contributed by atoms with E-state index in [0.29, 0.717) is 0 Å². The number of carbonyl (C=O) groups is 2. The molecule has 1 atom stereocenters. The van der Waals surface area contributed by atoms with Gasteiger partial charge in [0, 0.05) is 14.8 Å². The number of nitrogens with zero attached hydrogens (tertiary/aromatic N) is 2. The molecule has 1 fully saturated rings. The van der Waals surface area contributed by atoms with E-state index < -0.39 is 60.5 Å². The molecular weight excluding hydrogens is 270 g/mol. The molecule has 2 N–H and O–H groups in total. The van der Waals surface area contributed by atoms with E-state index in [2.05, 4.69) is 4.98 Å². The van der Waals surface area contributed by atoms with Gasteiger partial charge in [-0.15, -0.1) is 0 Å². The summed E-state index contributed by atoms with van der Waals surface area (Å²) < 4.78 is 39.9. The van der Waals surface area contributed by atoms with E-state index in [4.69, 9.17) is 12.6 Å². The fraction of sp³-hybridized carbons (Fsp3) is 0.333. The largest absolute Gasteiger partial charge is 0.398 e. The van der Waals surface area contributed by atoms with Crippen molar-refractivity contribution in [3.63, 3.8) is 0 Å². The van der Waals surface area contributed by atoms with Gasteiger partial charge in [-0.05, 0) is 25.4 Å². The van der Waals surface area contributed by atoms with Crippen LogP contribution in [0.2, 0.25) is 0 Å². The molecule has 1 saturated carbocycles. The second-order valence-corrected chi connectivity index (χ2v) is 4.81. The molecule has 1 unspecified atom stereocenters. The standard InChI is InChI=1S/C15H15N3O3/c1-8-17-11-4-2-3-10(16)14(11)15(21)18(8)12-6-5-9(19)7-13(12)20/h2-4,12H,5-7,16H2,1H3/i2D,3D,4D,5D2. The van der Waals surface area contributed by atoms with Gasteiger partial charge in [-0.25, -0.2) is 4.98 Å². The highest BCUT2D eigenvalue weighted by Gasteiger charge is 2.30. The zero-order chi connectivity index (χ0) is 19.5. The second kappa shape index (κ2) is 4.80. The summed E-state index contributed by atoms with van der Waals surface area (Å²) in [5.41, 5.74) is 4.52. The molecule has 21 heavy (non-hydrogen) atoms. The maximum absolute atomic E-state index is 13.0. The fourth-order valence-corrected chi connectivity index (χ4v) is 2.46. The molecule has 6 nitrogen and oxygen atoms in total. The Kier molecular flexibility index (Phi) is 1.99. The first-order valence-corrected chi connectivity index (χ1v) is 6.31. The summed E-state index contributed by atoms with van der Waals surface area (Å²) in [6.07, 6.45) is -3.39. The summed E-state index contributed by atoms with van der Waals surface area (Å²) in [5, 5.41) is -0.258. The Hall–Kier alpha value is -2.50. The van der Waals surface area contributed by atoms with Crippen LogP contribution in [0.3, 0.4) is 0 Å². The van der Waals surface area contributed by atoms with Crippen LogP contribution in [0, 0.1) is 6.92 Å². The lowest BCUT2D eigenvalue weighted by Crippen LogP contribution is -2.36. The van der Waals surface area contributed by atoms with Crippen LogP contribution in [-0.2, 0) is 9.59 Å². The van der Waals surface area contributed by atoms with Gasteiger partial charge in [0.2, 0.25) is 0 Å². The van der Waals surface area contributed by atoms with Crippen molar-refractivity contribution in [2.45, 2.75) is 32.2 Å². The van der Waals surface area contributed by atoms with Crippen molar-refractivity contribution in [2.75, 3.05) is 5.73 Å². The number of aryl methyl sites for hydroxylation is 1. The van der Waals surface area contributed by atoms with Crippen LogP contribution < -0.4 is 11.3 Å². The van der Waals surface area contributed by atoms with Gasteiger partial charge in [-0.1, -0.05) is 6.04 Å². The molecule has 108 valence electrons. The van der Waals surface area contributed by atoms with E-state index in [1.165, 1.54) is 6.92 Å². The third-order valence-electron chi connectivity index (χ3n) is 3.45. The number of ketones is 2. The SMILES string of the molecule is [2H]c1c([2H])c(N)c2c(=O)n(C3CC([2H])([2H])C(=O)CC3=O)c(C)nc2c1[2H]. The van der Waals surface area contributed by atoms with Gasteiger partial charge in [0.25, 0.3) is 5.56 Å². The lowest BCUT2D eigenvalue weighted by Gasteiger charge is -2.24. The first kappa shape index (κ1) is 8.71. The number of carbonyl (C=O) groups excluding carboxylic acids is 2. The molecule has 0 amide bonds. The summed E-state index contributed by atoms with van der Waals surface area (Å²) in [6, 6.07) is -2.61. The van der Waals surface area contributed by atoms with Crippen LogP contribution >= 0.6 is 0 Å². The number of aromatic nitrogens is 2. The highest BCUT2D eigenvalue weighted by molar-refractivity contribution is 6.03. The Balaban J connectivity index is 2.34. The van der Waals surface area contributed by atoms with Crippen LogP contribution in [0.4, 0.5) is 5.69 Å². The average Bonchev–Trinajstić information content (AvgIpc) is 2.55. The zero-order valence-corrected chi connectivity index (χ0v) is 11.2. The Labute approximate surface area is 127 Å². The van der Waals surface area contributed by atoms with E-state index in [0.717, 1.165) is 4.57 Å². The van der Waals surface area contributed by atoms with Gasteiger partial charge in [0.1, 0.15) is 11.6 Å². The number of hydrogen-bond donors (Lipinski definition) is 1.